The van der Waals surface area contributed by atoms with E-state index in [2.05, 4.69) is 55.6 Å². The molecule has 0 aliphatic heterocycles. The van der Waals surface area contributed by atoms with Crippen LogP contribution in [-0.4, -0.2) is 68.5 Å². The topological polar surface area (TPSA) is 108 Å². The van der Waals surface area contributed by atoms with Crippen LogP contribution in [0, 0.1) is 0 Å². The molecule has 0 aromatic carbocycles. The lowest BCUT2D eigenvalue weighted by Crippen LogP contribution is -2.45. The highest BCUT2D eigenvalue weighted by atomic mass is 31.2. The predicted molar refractivity (Wildman–Crippen MR) is 251 cm³/mol. The maximum Gasteiger partial charge on any atom is 0.268 e. The normalized spacial score (nSPS) is 14.6. The van der Waals surface area contributed by atoms with E-state index in [1.54, 1.807) is 6.08 Å². The molecule has 346 valence electrons. The van der Waals surface area contributed by atoms with Crippen LogP contribution in [0.5, 0.6) is 0 Å². The van der Waals surface area contributed by atoms with Crippen molar-refractivity contribution in [2.45, 2.75) is 225 Å². The minimum Gasteiger partial charge on any atom is -0.756 e. The van der Waals surface area contributed by atoms with Gasteiger partial charge in [-0.25, -0.2) is 0 Å². The Hall–Kier alpha value is -1.54. The lowest BCUT2D eigenvalue weighted by molar-refractivity contribution is -0.870. The van der Waals surface area contributed by atoms with Gasteiger partial charge in [-0.05, 0) is 64.2 Å². The molecule has 0 heterocycles. The molecule has 2 N–H and O–H groups in total. The van der Waals surface area contributed by atoms with Crippen LogP contribution in [0.1, 0.15) is 213 Å². The van der Waals surface area contributed by atoms with Crippen LogP contribution in [0.15, 0.2) is 48.6 Å². The van der Waals surface area contributed by atoms with Crippen molar-refractivity contribution in [1.82, 2.24) is 5.32 Å². The minimum absolute atomic E-state index is 0.00907. The van der Waals surface area contributed by atoms with Gasteiger partial charge in [-0.15, -0.1) is 0 Å². The van der Waals surface area contributed by atoms with Crippen LogP contribution in [0.25, 0.3) is 0 Å². The van der Waals surface area contributed by atoms with Gasteiger partial charge in [0.15, 0.2) is 0 Å². The minimum atomic E-state index is -4.60. The standard InChI is InChI=1S/C50H95N2O6P/c1-6-8-10-12-14-16-18-20-22-24-26-27-29-31-33-35-37-39-41-43-49(53)48(47-58-59(55,56)57-46-45-52(3,4)5)51-50(54)44-42-40-38-36-34-32-30-28-25-23-21-19-17-15-13-11-9-7-2/h17,19,23,25,33,35,41,43,48-49,53H,6-16,18,20-22,24,26-32,34,36-40,42,44-47H2,1-5H3,(H-,51,54,55,56)/b19-17-,25-23-,35-33+,43-41+. The Morgan fingerprint density at radius 2 is 1.00 bits per heavy atom. The van der Waals surface area contributed by atoms with Crippen LogP contribution in [0.2, 0.25) is 0 Å². The number of phosphoric acid groups is 1. The molecule has 0 rings (SSSR count). The second-order valence-electron chi connectivity index (χ2n) is 17.8. The zero-order chi connectivity index (χ0) is 43.6. The molecule has 0 radical (unpaired) electrons. The molecule has 0 saturated heterocycles. The maximum atomic E-state index is 12.9. The molecule has 0 aromatic heterocycles. The Kier molecular flexibility index (Phi) is 40.7. The van der Waals surface area contributed by atoms with Gasteiger partial charge < -0.3 is 28.8 Å². The monoisotopic (exact) mass is 851 g/mol. The summed E-state index contributed by atoms with van der Waals surface area (Å²) in [6, 6.07) is -0.908. The van der Waals surface area contributed by atoms with Gasteiger partial charge in [-0.1, -0.05) is 191 Å². The Labute approximate surface area is 365 Å². The Bertz CT molecular complexity index is 1100. The van der Waals surface area contributed by atoms with Gasteiger partial charge in [-0.2, -0.15) is 0 Å². The summed E-state index contributed by atoms with van der Waals surface area (Å²) in [5.74, 6) is -0.216. The largest absolute Gasteiger partial charge is 0.756 e. The number of rotatable bonds is 44. The molecule has 0 spiro atoms. The number of carbonyl (C=O) groups is 1. The summed E-state index contributed by atoms with van der Waals surface area (Å²) in [6.07, 6.45) is 53.0. The molecule has 0 aliphatic rings. The number of phosphoric ester groups is 1. The molecule has 3 atom stereocenters. The van der Waals surface area contributed by atoms with E-state index in [9.17, 15) is 19.4 Å². The van der Waals surface area contributed by atoms with Crippen molar-refractivity contribution >= 4 is 13.7 Å². The molecule has 3 unspecified atom stereocenters. The molecule has 0 aliphatic carbocycles. The van der Waals surface area contributed by atoms with E-state index in [4.69, 9.17) is 9.05 Å². The lowest BCUT2D eigenvalue weighted by atomic mass is 10.0. The Morgan fingerprint density at radius 3 is 1.49 bits per heavy atom. The highest BCUT2D eigenvalue weighted by Gasteiger charge is 2.23. The molecule has 0 bridgehead atoms. The van der Waals surface area contributed by atoms with Crippen molar-refractivity contribution < 1.29 is 32.9 Å². The number of quaternary nitrogens is 1. The van der Waals surface area contributed by atoms with Crippen LogP contribution < -0.4 is 10.2 Å². The molecule has 1 amide bonds. The fourth-order valence-electron chi connectivity index (χ4n) is 6.85. The van der Waals surface area contributed by atoms with Crippen molar-refractivity contribution in [2.75, 3.05) is 40.9 Å². The summed E-state index contributed by atoms with van der Waals surface area (Å²) < 4.78 is 23.2. The van der Waals surface area contributed by atoms with Gasteiger partial charge in [0.25, 0.3) is 7.82 Å². The van der Waals surface area contributed by atoms with Gasteiger partial charge in [0.05, 0.1) is 39.9 Å². The summed E-state index contributed by atoms with van der Waals surface area (Å²) in [7, 11) is 1.24. The van der Waals surface area contributed by atoms with Crippen LogP contribution in [-0.2, 0) is 18.4 Å². The summed E-state index contributed by atoms with van der Waals surface area (Å²) in [5.41, 5.74) is 0. The third kappa shape index (κ3) is 44.3. The van der Waals surface area contributed by atoms with Crippen LogP contribution >= 0.6 is 7.82 Å². The number of nitrogens with zero attached hydrogens (tertiary/aromatic N) is 1. The average Bonchev–Trinajstić information content (AvgIpc) is 3.19. The highest BCUT2D eigenvalue weighted by Crippen LogP contribution is 2.38. The van der Waals surface area contributed by atoms with Crippen molar-refractivity contribution in [1.29, 1.82) is 0 Å². The molecule has 0 aromatic rings. The first-order valence-electron chi connectivity index (χ1n) is 24.5. The molecular formula is C50H95N2O6P. The molecule has 8 nitrogen and oxygen atoms in total. The van der Waals surface area contributed by atoms with E-state index in [0.29, 0.717) is 17.4 Å². The van der Waals surface area contributed by atoms with Crippen molar-refractivity contribution in [2.24, 2.45) is 0 Å². The predicted octanol–water partition coefficient (Wildman–Crippen LogP) is 13.4. The van der Waals surface area contributed by atoms with Gasteiger partial charge in [0.2, 0.25) is 5.91 Å². The molecule has 0 saturated carbocycles. The van der Waals surface area contributed by atoms with Crippen molar-refractivity contribution in [3.05, 3.63) is 48.6 Å². The lowest BCUT2D eigenvalue weighted by Gasteiger charge is -2.29. The SMILES string of the molecule is CCCCCC/C=C\C/C=C\CCCCCCCCCC(=O)NC(COP(=O)([O-])OCC[N+](C)(C)C)C(O)/C=C/CC/C=C/CCCCCCCCCCCCCCC. The average molecular weight is 851 g/mol. The first-order valence-corrected chi connectivity index (χ1v) is 26.0. The first kappa shape index (κ1) is 57.5. The van der Waals surface area contributed by atoms with E-state index in [1.165, 1.54) is 135 Å². The third-order valence-corrected chi connectivity index (χ3v) is 11.7. The smallest absolute Gasteiger partial charge is 0.268 e. The highest BCUT2D eigenvalue weighted by molar-refractivity contribution is 7.45. The van der Waals surface area contributed by atoms with Gasteiger partial charge in [0.1, 0.15) is 13.2 Å². The summed E-state index contributed by atoms with van der Waals surface area (Å²) in [6.45, 7) is 4.61. The number of amides is 1. The number of allylic oxidation sites excluding steroid dienone is 7. The Balaban J connectivity index is 4.42. The molecule has 9 heteroatoms. The number of carbonyl (C=O) groups excluding carboxylic acids is 1. The zero-order valence-electron chi connectivity index (χ0n) is 39.2. The number of likely N-dealkylation sites (N-methyl/N-ethyl adjacent to an activating group) is 1. The van der Waals surface area contributed by atoms with E-state index >= 15 is 0 Å². The van der Waals surface area contributed by atoms with E-state index < -0.39 is 26.6 Å². The number of aliphatic hydroxyl groups is 1. The van der Waals surface area contributed by atoms with E-state index in [1.807, 2.05) is 27.2 Å². The van der Waals surface area contributed by atoms with Gasteiger partial charge in [-0.3, -0.25) is 9.36 Å². The second-order valence-corrected chi connectivity index (χ2v) is 19.2. The van der Waals surface area contributed by atoms with E-state index in [0.717, 1.165) is 57.8 Å². The van der Waals surface area contributed by atoms with Gasteiger partial charge in [0, 0.05) is 6.42 Å². The number of hydrogen-bond acceptors (Lipinski definition) is 6. The van der Waals surface area contributed by atoms with Crippen LogP contribution in [0.4, 0.5) is 0 Å². The number of aliphatic hydroxyl groups excluding tert-OH is 1. The maximum absolute atomic E-state index is 12.9. The zero-order valence-corrected chi connectivity index (χ0v) is 40.1. The van der Waals surface area contributed by atoms with Crippen LogP contribution in [0.3, 0.4) is 0 Å². The Morgan fingerprint density at radius 1 is 0.593 bits per heavy atom. The van der Waals surface area contributed by atoms with E-state index in [-0.39, 0.29) is 12.5 Å². The summed E-state index contributed by atoms with van der Waals surface area (Å²) in [5, 5.41) is 13.8. The number of hydrogen-bond donors (Lipinski definition) is 2. The second kappa shape index (κ2) is 41.8. The summed E-state index contributed by atoms with van der Waals surface area (Å²) >= 11 is 0. The number of unbranched alkanes of at least 4 members (excludes halogenated alkanes) is 25. The van der Waals surface area contributed by atoms with Crippen molar-refractivity contribution in [3.63, 3.8) is 0 Å². The third-order valence-electron chi connectivity index (χ3n) is 10.8. The molecule has 59 heavy (non-hydrogen) atoms. The molecular weight excluding hydrogens is 756 g/mol. The molecule has 0 fully saturated rings. The summed E-state index contributed by atoms with van der Waals surface area (Å²) in [4.78, 5) is 25.4. The fourth-order valence-corrected chi connectivity index (χ4v) is 7.57. The van der Waals surface area contributed by atoms with Crippen molar-refractivity contribution in [3.8, 4) is 0 Å². The first-order chi connectivity index (χ1) is 28.5. The van der Waals surface area contributed by atoms with Gasteiger partial charge >= 0.3 is 0 Å². The number of nitrogens with one attached hydrogen (secondary N) is 1. The fraction of sp³-hybridized carbons (Fsp3) is 0.820. The quantitative estimate of drug-likeness (QED) is 0.0274.